The minimum absolute atomic E-state index is 0.0225. The molecule has 0 radical (unpaired) electrons. The van der Waals surface area contributed by atoms with Crippen LogP contribution in [0.1, 0.15) is 27.6 Å². The topological polar surface area (TPSA) is 75.3 Å². The Hall–Kier alpha value is -2.09. The zero-order valence-corrected chi connectivity index (χ0v) is 15.2. The lowest BCUT2D eigenvalue weighted by atomic mass is 9.80. The smallest absolute Gasteiger partial charge is 0.239 e. The molecule has 1 atom stereocenters. The Morgan fingerprint density at radius 2 is 1.80 bits per heavy atom. The molecule has 0 aliphatic carbocycles. The van der Waals surface area contributed by atoms with Crippen LogP contribution < -0.4 is 10.6 Å². The molecule has 2 N–H and O–H groups in total. The average molecular weight is 393 g/mol. The first kappa shape index (κ1) is 17.7. The maximum absolute atomic E-state index is 12.6. The number of carbonyl (C=O) groups excluding carboxylic acids is 3. The molecular weight excluding hydrogens is 380 g/mol. The summed E-state index contributed by atoms with van der Waals surface area (Å²) in [5.41, 5.74) is 0.692. The van der Waals surface area contributed by atoms with Crippen LogP contribution in [0.3, 0.4) is 0 Å². The molecule has 1 unspecified atom stereocenters. The predicted molar refractivity (Wildman–Crippen MR) is 99.8 cm³/mol. The summed E-state index contributed by atoms with van der Waals surface area (Å²) in [5.74, 6) is -2.80. The highest BCUT2D eigenvalue weighted by Gasteiger charge is 2.40. The Balaban J connectivity index is 1.95. The van der Waals surface area contributed by atoms with Crippen molar-refractivity contribution in [2.45, 2.75) is 12.3 Å². The van der Waals surface area contributed by atoms with E-state index in [0.717, 1.165) is 0 Å². The van der Waals surface area contributed by atoms with E-state index < -0.39 is 23.7 Å². The van der Waals surface area contributed by atoms with E-state index in [2.05, 4.69) is 10.6 Å². The van der Waals surface area contributed by atoms with Crippen molar-refractivity contribution in [1.82, 2.24) is 10.6 Å². The summed E-state index contributed by atoms with van der Waals surface area (Å²) in [6.07, 6.45) is 0.0282. The summed E-state index contributed by atoms with van der Waals surface area (Å²) in [7, 11) is 0. The molecule has 2 heterocycles. The molecule has 0 spiro atoms. The van der Waals surface area contributed by atoms with E-state index in [4.69, 9.17) is 23.8 Å². The Labute approximate surface area is 158 Å². The SMILES string of the molecule is O=C(CC(c1ccc(Cl)cc1)C1C(=O)NC(=S)NC1=O)c1cccs1. The van der Waals surface area contributed by atoms with Gasteiger partial charge in [0, 0.05) is 17.4 Å². The minimum Gasteiger partial charge on any atom is -0.302 e. The fraction of sp³-hybridized carbons (Fsp3) is 0.176. The number of hydrogen-bond donors (Lipinski definition) is 2. The van der Waals surface area contributed by atoms with Gasteiger partial charge in [-0.1, -0.05) is 29.8 Å². The third-order valence-corrected chi connectivity index (χ3v) is 5.31. The van der Waals surface area contributed by atoms with E-state index in [0.29, 0.717) is 15.5 Å². The number of hydrogen-bond acceptors (Lipinski definition) is 5. The summed E-state index contributed by atoms with van der Waals surface area (Å²) in [5, 5.41) is 7.23. The van der Waals surface area contributed by atoms with Gasteiger partial charge < -0.3 is 10.6 Å². The molecule has 25 heavy (non-hydrogen) atoms. The maximum atomic E-state index is 12.6. The molecule has 5 nitrogen and oxygen atoms in total. The zero-order chi connectivity index (χ0) is 18.0. The summed E-state index contributed by atoms with van der Waals surface area (Å²) in [4.78, 5) is 37.9. The van der Waals surface area contributed by atoms with Gasteiger partial charge in [-0.15, -0.1) is 11.3 Å². The molecule has 0 bridgehead atoms. The fourth-order valence-corrected chi connectivity index (χ4v) is 3.77. The number of ketones is 1. The van der Waals surface area contributed by atoms with Crippen molar-refractivity contribution in [2.24, 2.45) is 5.92 Å². The van der Waals surface area contributed by atoms with Gasteiger partial charge in [0.05, 0.1) is 4.88 Å². The Morgan fingerprint density at radius 1 is 1.16 bits per heavy atom. The molecule has 3 rings (SSSR count). The average Bonchev–Trinajstić information content (AvgIpc) is 3.08. The van der Waals surface area contributed by atoms with Gasteiger partial charge in [-0.3, -0.25) is 14.4 Å². The van der Waals surface area contributed by atoms with Crippen molar-refractivity contribution >= 4 is 57.9 Å². The van der Waals surface area contributed by atoms with Crippen LogP contribution in [0.5, 0.6) is 0 Å². The molecule has 1 saturated heterocycles. The zero-order valence-electron chi connectivity index (χ0n) is 12.8. The highest BCUT2D eigenvalue weighted by Crippen LogP contribution is 2.32. The van der Waals surface area contributed by atoms with Crippen molar-refractivity contribution in [3.05, 3.63) is 57.2 Å². The van der Waals surface area contributed by atoms with Gasteiger partial charge in [0.1, 0.15) is 5.92 Å². The molecular formula is C17H13ClN2O3S2. The van der Waals surface area contributed by atoms with Gasteiger partial charge in [-0.05, 0) is 41.4 Å². The summed E-state index contributed by atoms with van der Waals surface area (Å²) >= 11 is 12.1. The van der Waals surface area contributed by atoms with E-state index in [1.165, 1.54) is 11.3 Å². The summed E-state index contributed by atoms with van der Waals surface area (Å²) in [6, 6.07) is 10.3. The lowest BCUT2D eigenvalue weighted by molar-refractivity contribution is -0.136. The van der Waals surface area contributed by atoms with E-state index in [1.807, 2.05) is 5.38 Å². The first-order valence-electron chi connectivity index (χ1n) is 7.43. The number of carbonyl (C=O) groups is 3. The van der Waals surface area contributed by atoms with Crippen LogP contribution in [0.2, 0.25) is 5.02 Å². The Kier molecular flexibility index (Phi) is 5.27. The van der Waals surface area contributed by atoms with Crippen molar-refractivity contribution in [3.8, 4) is 0 Å². The molecule has 1 aliphatic rings. The summed E-state index contributed by atoms with van der Waals surface area (Å²) in [6.45, 7) is 0. The predicted octanol–water partition coefficient (Wildman–Crippen LogP) is 2.91. The van der Waals surface area contributed by atoms with Crippen molar-refractivity contribution < 1.29 is 14.4 Å². The Bertz CT molecular complexity index is 814. The van der Waals surface area contributed by atoms with Crippen LogP contribution in [-0.2, 0) is 9.59 Å². The van der Waals surface area contributed by atoms with Crippen LogP contribution in [0.25, 0.3) is 0 Å². The van der Waals surface area contributed by atoms with Gasteiger partial charge in [-0.25, -0.2) is 0 Å². The van der Waals surface area contributed by atoms with Gasteiger partial charge in [-0.2, -0.15) is 0 Å². The normalized spacial score (nSPS) is 16.3. The fourth-order valence-electron chi connectivity index (χ4n) is 2.77. The number of amides is 2. The van der Waals surface area contributed by atoms with Crippen LogP contribution in [-0.4, -0.2) is 22.7 Å². The largest absolute Gasteiger partial charge is 0.302 e. The van der Waals surface area contributed by atoms with Crippen LogP contribution in [0.4, 0.5) is 0 Å². The third kappa shape index (κ3) is 3.95. The number of Topliss-reactive ketones (excluding diaryl/α,β-unsaturated/α-hetero) is 1. The molecule has 1 aromatic carbocycles. The second-order valence-corrected chi connectivity index (χ2v) is 7.34. The van der Waals surface area contributed by atoms with Crippen molar-refractivity contribution in [1.29, 1.82) is 0 Å². The van der Waals surface area contributed by atoms with Gasteiger partial charge in [0.25, 0.3) is 0 Å². The summed E-state index contributed by atoms with van der Waals surface area (Å²) < 4.78 is 0. The third-order valence-electron chi connectivity index (χ3n) is 3.94. The molecule has 2 amide bonds. The van der Waals surface area contributed by atoms with E-state index in [9.17, 15) is 14.4 Å². The highest BCUT2D eigenvalue weighted by atomic mass is 35.5. The van der Waals surface area contributed by atoms with Crippen molar-refractivity contribution in [2.75, 3.05) is 0 Å². The van der Waals surface area contributed by atoms with E-state index >= 15 is 0 Å². The second-order valence-electron chi connectivity index (χ2n) is 5.55. The van der Waals surface area contributed by atoms with Crippen LogP contribution in [0.15, 0.2) is 41.8 Å². The number of thiocarbonyl (C=S) groups is 1. The minimum atomic E-state index is -1.04. The van der Waals surface area contributed by atoms with E-state index in [1.54, 1.807) is 36.4 Å². The van der Waals surface area contributed by atoms with Gasteiger partial charge >= 0.3 is 0 Å². The van der Waals surface area contributed by atoms with Crippen molar-refractivity contribution in [3.63, 3.8) is 0 Å². The molecule has 2 aromatic rings. The Morgan fingerprint density at radius 3 is 2.36 bits per heavy atom. The number of rotatable bonds is 5. The van der Waals surface area contributed by atoms with Gasteiger partial charge in [0.2, 0.25) is 11.8 Å². The van der Waals surface area contributed by atoms with Crippen LogP contribution in [0, 0.1) is 5.92 Å². The standard InChI is InChI=1S/C17H13ClN2O3S2/c18-10-5-3-9(4-6-10)11(8-12(21)13-2-1-7-25-13)14-15(22)19-17(24)20-16(14)23/h1-7,11,14H,8H2,(H2,19,20,22,23,24). The molecule has 0 saturated carbocycles. The lowest BCUT2D eigenvalue weighted by Crippen LogP contribution is -2.57. The first-order valence-corrected chi connectivity index (χ1v) is 9.10. The highest BCUT2D eigenvalue weighted by molar-refractivity contribution is 7.80. The molecule has 1 aromatic heterocycles. The van der Waals surface area contributed by atoms with Gasteiger partial charge in [0.15, 0.2) is 10.9 Å². The first-order chi connectivity index (χ1) is 12.0. The van der Waals surface area contributed by atoms with Crippen LogP contribution >= 0.6 is 35.2 Å². The number of thiophene rings is 1. The molecule has 8 heteroatoms. The lowest BCUT2D eigenvalue weighted by Gasteiger charge is -2.29. The molecule has 1 fully saturated rings. The maximum Gasteiger partial charge on any atom is 0.239 e. The number of benzene rings is 1. The van der Waals surface area contributed by atoms with E-state index in [-0.39, 0.29) is 17.3 Å². The monoisotopic (exact) mass is 392 g/mol. The molecule has 128 valence electrons. The quantitative estimate of drug-likeness (QED) is 0.466. The second kappa shape index (κ2) is 7.43. The number of nitrogens with one attached hydrogen (secondary N) is 2. The number of halogens is 1. The molecule has 1 aliphatic heterocycles.